The molecule has 0 aromatic heterocycles. The van der Waals surface area contributed by atoms with E-state index in [0.717, 1.165) is 11.3 Å². The minimum Gasteiger partial charge on any atom is -0.354 e. The summed E-state index contributed by atoms with van der Waals surface area (Å²) in [6.45, 7) is 0.683. The van der Waals surface area contributed by atoms with Gasteiger partial charge in [-0.3, -0.25) is 4.79 Å². The highest BCUT2D eigenvalue weighted by Gasteiger charge is 2.12. The molecule has 0 aliphatic heterocycles. The number of rotatable bonds is 6. The summed E-state index contributed by atoms with van der Waals surface area (Å²) in [4.78, 5) is 11.6. The predicted molar refractivity (Wildman–Crippen MR) is 69.5 cm³/mol. The van der Waals surface area contributed by atoms with Crippen molar-refractivity contribution in [3.63, 3.8) is 0 Å². The van der Waals surface area contributed by atoms with Gasteiger partial charge in [0.25, 0.3) is 0 Å². The average Bonchev–Trinajstić information content (AvgIpc) is 2.30. The van der Waals surface area contributed by atoms with E-state index in [1.165, 1.54) is 0 Å². The van der Waals surface area contributed by atoms with Crippen molar-refractivity contribution in [3.8, 4) is 0 Å². The third-order valence-electron chi connectivity index (χ3n) is 2.24. The Labute approximate surface area is 101 Å². The number of amides is 1. The number of carbonyl (C=O) groups excluding carboxylic acids is 1. The van der Waals surface area contributed by atoms with Gasteiger partial charge in [0.15, 0.2) is 0 Å². The molecule has 0 radical (unpaired) electrons. The van der Waals surface area contributed by atoms with Crippen LogP contribution in [0.2, 0.25) is 0 Å². The normalized spacial score (nSPS) is 12.1. The zero-order chi connectivity index (χ0) is 11.8. The lowest BCUT2D eigenvalue weighted by atomic mass is 10.1. The molecule has 88 valence electrons. The number of hydrogen-bond acceptors (Lipinski definition) is 3. The zero-order valence-corrected chi connectivity index (χ0v) is 10.3. The number of nitrogens with two attached hydrogens (primary N) is 1. The van der Waals surface area contributed by atoms with Crippen molar-refractivity contribution in [2.24, 2.45) is 5.73 Å². The minimum atomic E-state index is -0.454. The quantitative estimate of drug-likeness (QED) is 0.728. The van der Waals surface area contributed by atoms with Crippen LogP contribution >= 0.6 is 11.8 Å². The molecule has 1 rings (SSSR count). The zero-order valence-electron chi connectivity index (χ0n) is 9.48. The Bertz CT molecular complexity index is 316. The van der Waals surface area contributed by atoms with Gasteiger partial charge in [-0.25, -0.2) is 0 Å². The molecule has 0 aliphatic rings. The number of nitrogens with one attached hydrogen (secondary N) is 1. The highest BCUT2D eigenvalue weighted by atomic mass is 32.2. The third-order valence-corrected chi connectivity index (χ3v) is 2.85. The summed E-state index contributed by atoms with van der Waals surface area (Å²) in [7, 11) is 0. The van der Waals surface area contributed by atoms with Gasteiger partial charge in [0.2, 0.25) is 5.91 Å². The molecule has 1 amide bonds. The SMILES string of the molecule is CSCCNC(=O)[C@@H](N)Cc1ccccc1. The first-order valence-corrected chi connectivity index (χ1v) is 6.69. The van der Waals surface area contributed by atoms with Gasteiger partial charge in [-0.15, -0.1) is 0 Å². The van der Waals surface area contributed by atoms with Crippen molar-refractivity contribution in [2.75, 3.05) is 18.6 Å². The molecule has 0 aliphatic carbocycles. The highest BCUT2D eigenvalue weighted by molar-refractivity contribution is 7.98. The van der Waals surface area contributed by atoms with E-state index in [2.05, 4.69) is 5.32 Å². The van der Waals surface area contributed by atoms with Crippen LogP contribution in [0.5, 0.6) is 0 Å². The van der Waals surface area contributed by atoms with Crippen LogP contribution < -0.4 is 11.1 Å². The van der Waals surface area contributed by atoms with Gasteiger partial charge >= 0.3 is 0 Å². The number of hydrogen-bond donors (Lipinski definition) is 2. The summed E-state index contributed by atoms with van der Waals surface area (Å²) < 4.78 is 0. The van der Waals surface area contributed by atoms with E-state index in [9.17, 15) is 4.79 Å². The molecule has 0 unspecified atom stereocenters. The minimum absolute atomic E-state index is 0.0714. The van der Waals surface area contributed by atoms with Crippen LogP contribution in [0.25, 0.3) is 0 Å². The maximum atomic E-state index is 11.6. The number of thioether (sulfide) groups is 1. The lowest BCUT2D eigenvalue weighted by Gasteiger charge is -2.11. The Kier molecular flexibility index (Phi) is 5.96. The van der Waals surface area contributed by atoms with E-state index in [1.54, 1.807) is 11.8 Å². The molecule has 3 N–H and O–H groups in total. The predicted octanol–water partition coefficient (Wildman–Crippen LogP) is 1.04. The van der Waals surface area contributed by atoms with Crippen molar-refractivity contribution in [3.05, 3.63) is 35.9 Å². The van der Waals surface area contributed by atoms with Crippen LogP contribution in [0.4, 0.5) is 0 Å². The summed E-state index contributed by atoms with van der Waals surface area (Å²) in [5.41, 5.74) is 6.91. The van der Waals surface area contributed by atoms with E-state index in [-0.39, 0.29) is 5.91 Å². The van der Waals surface area contributed by atoms with Gasteiger partial charge < -0.3 is 11.1 Å². The van der Waals surface area contributed by atoms with E-state index < -0.39 is 6.04 Å². The van der Waals surface area contributed by atoms with Crippen molar-refractivity contribution >= 4 is 17.7 Å². The summed E-state index contributed by atoms with van der Waals surface area (Å²) in [5, 5.41) is 2.82. The van der Waals surface area contributed by atoms with E-state index >= 15 is 0 Å². The first kappa shape index (κ1) is 13.1. The van der Waals surface area contributed by atoms with Crippen molar-refractivity contribution < 1.29 is 4.79 Å². The molecule has 1 aromatic carbocycles. The lowest BCUT2D eigenvalue weighted by Crippen LogP contribution is -2.42. The van der Waals surface area contributed by atoms with E-state index in [4.69, 9.17) is 5.73 Å². The first-order chi connectivity index (χ1) is 7.74. The molecule has 0 spiro atoms. The van der Waals surface area contributed by atoms with Crippen LogP contribution in [0.3, 0.4) is 0 Å². The Balaban J connectivity index is 2.34. The molecule has 0 saturated heterocycles. The second-order valence-electron chi connectivity index (χ2n) is 3.58. The van der Waals surface area contributed by atoms with Gasteiger partial charge in [0, 0.05) is 12.3 Å². The van der Waals surface area contributed by atoms with Gasteiger partial charge in [-0.2, -0.15) is 11.8 Å². The standard InChI is InChI=1S/C12H18N2OS/c1-16-8-7-14-12(15)11(13)9-10-5-3-2-4-6-10/h2-6,11H,7-9,13H2,1H3,(H,14,15)/t11-/m0/s1. The molecule has 1 aromatic rings. The maximum Gasteiger partial charge on any atom is 0.237 e. The summed E-state index contributed by atoms with van der Waals surface area (Å²) >= 11 is 1.70. The van der Waals surface area contributed by atoms with Crippen molar-refractivity contribution in [1.29, 1.82) is 0 Å². The van der Waals surface area contributed by atoms with Crippen LogP contribution in [-0.4, -0.2) is 30.5 Å². The molecule has 16 heavy (non-hydrogen) atoms. The van der Waals surface area contributed by atoms with Crippen LogP contribution in [-0.2, 0) is 11.2 Å². The molecule has 0 bridgehead atoms. The van der Waals surface area contributed by atoms with Crippen LogP contribution in [0.15, 0.2) is 30.3 Å². The first-order valence-electron chi connectivity index (χ1n) is 5.30. The Hall–Kier alpha value is -1.00. The summed E-state index contributed by atoms with van der Waals surface area (Å²) in [6.07, 6.45) is 2.60. The fraction of sp³-hybridized carbons (Fsp3) is 0.417. The Morgan fingerprint density at radius 2 is 2.12 bits per heavy atom. The number of benzene rings is 1. The molecule has 0 heterocycles. The summed E-state index contributed by atoms with van der Waals surface area (Å²) in [5.74, 6) is 0.849. The Morgan fingerprint density at radius 3 is 2.75 bits per heavy atom. The monoisotopic (exact) mass is 238 g/mol. The second-order valence-corrected chi connectivity index (χ2v) is 4.57. The molecule has 0 fully saturated rings. The summed E-state index contributed by atoms with van der Waals surface area (Å²) in [6, 6.07) is 9.36. The fourth-order valence-corrected chi connectivity index (χ4v) is 1.67. The van der Waals surface area contributed by atoms with Crippen molar-refractivity contribution in [1.82, 2.24) is 5.32 Å². The maximum absolute atomic E-state index is 11.6. The van der Waals surface area contributed by atoms with Crippen molar-refractivity contribution in [2.45, 2.75) is 12.5 Å². The fourth-order valence-electron chi connectivity index (χ4n) is 1.37. The molecule has 0 saturated carbocycles. The van der Waals surface area contributed by atoms with Gasteiger partial charge in [-0.1, -0.05) is 30.3 Å². The smallest absolute Gasteiger partial charge is 0.237 e. The van der Waals surface area contributed by atoms with E-state index in [0.29, 0.717) is 13.0 Å². The van der Waals surface area contributed by atoms with E-state index in [1.807, 2.05) is 36.6 Å². The Morgan fingerprint density at radius 1 is 1.44 bits per heavy atom. The van der Waals surface area contributed by atoms with Crippen LogP contribution in [0.1, 0.15) is 5.56 Å². The second kappa shape index (κ2) is 7.30. The third kappa shape index (κ3) is 4.68. The lowest BCUT2D eigenvalue weighted by molar-refractivity contribution is -0.122. The van der Waals surface area contributed by atoms with Gasteiger partial charge in [-0.05, 0) is 18.2 Å². The number of carbonyl (C=O) groups is 1. The highest BCUT2D eigenvalue weighted by Crippen LogP contribution is 2.01. The van der Waals surface area contributed by atoms with Gasteiger partial charge in [0.05, 0.1) is 6.04 Å². The largest absolute Gasteiger partial charge is 0.354 e. The molecule has 3 nitrogen and oxygen atoms in total. The van der Waals surface area contributed by atoms with Crippen LogP contribution in [0, 0.1) is 0 Å². The molecule has 1 atom stereocenters. The molecular formula is C12H18N2OS. The average molecular weight is 238 g/mol. The topological polar surface area (TPSA) is 55.1 Å². The molecular weight excluding hydrogens is 220 g/mol. The molecule has 4 heteroatoms. The van der Waals surface area contributed by atoms with Gasteiger partial charge in [0.1, 0.15) is 0 Å².